The molecular formula is C9H7Br2NO2. The Morgan fingerprint density at radius 2 is 2.29 bits per heavy atom. The predicted molar refractivity (Wildman–Crippen MR) is 60.7 cm³/mol. The minimum atomic E-state index is -0.401. The fraction of sp³-hybridized carbons (Fsp3) is 0.111. The lowest BCUT2D eigenvalue weighted by molar-refractivity contribution is -0.134. The van der Waals surface area contributed by atoms with E-state index < -0.39 is 5.97 Å². The van der Waals surface area contributed by atoms with Crippen molar-refractivity contribution in [3.8, 4) is 0 Å². The van der Waals surface area contributed by atoms with E-state index in [9.17, 15) is 4.79 Å². The van der Waals surface area contributed by atoms with E-state index in [-0.39, 0.29) is 0 Å². The Morgan fingerprint density at radius 1 is 1.57 bits per heavy atom. The third-order valence-corrected chi connectivity index (χ3v) is 2.48. The monoisotopic (exact) mass is 319 g/mol. The Balaban J connectivity index is 2.87. The fourth-order valence-electron chi connectivity index (χ4n) is 0.763. The topological polar surface area (TPSA) is 39.2 Å². The molecule has 5 heteroatoms. The van der Waals surface area contributed by atoms with Gasteiger partial charge in [0.05, 0.1) is 12.8 Å². The van der Waals surface area contributed by atoms with Crippen molar-refractivity contribution < 1.29 is 9.53 Å². The number of pyridine rings is 1. The van der Waals surface area contributed by atoms with Crippen LogP contribution in [0.3, 0.4) is 0 Å². The van der Waals surface area contributed by atoms with E-state index in [1.165, 1.54) is 13.2 Å². The van der Waals surface area contributed by atoms with Crippen molar-refractivity contribution >= 4 is 43.9 Å². The molecule has 0 saturated heterocycles. The first-order valence-corrected chi connectivity index (χ1v) is 5.29. The van der Waals surface area contributed by atoms with Gasteiger partial charge in [0.1, 0.15) is 0 Å². The van der Waals surface area contributed by atoms with Crippen LogP contribution in [0.4, 0.5) is 0 Å². The van der Waals surface area contributed by atoms with Gasteiger partial charge in [0.25, 0.3) is 0 Å². The van der Waals surface area contributed by atoms with Crippen molar-refractivity contribution in [1.82, 2.24) is 4.98 Å². The van der Waals surface area contributed by atoms with Crippen molar-refractivity contribution in [3.05, 3.63) is 33.0 Å². The second-order valence-corrected chi connectivity index (χ2v) is 4.15. The maximum atomic E-state index is 10.8. The summed E-state index contributed by atoms with van der Waals surface area (Å²) in [6.07, 6.45) is 4.56. The molecule has 0 fully saturated rings. The SMILES string of the molecule is COC(=O)/C=C/c1ncc(Br)cc1Br. The molecule has 1 aromatic heterocycles. The van der Waals surface area contributed by atoms with Gasteiger partial charge in [-0.25, -0.2) is 4.79 Å². The number of rotatable bonds is 2. The first-order chi connectivity index (χ1) is 6.63. The predicted octanol–water partition coefficient (Wildman–Crippen LogP) is 2.79. The highest BCUT2D eigenvalue weighted by atomic mass is 79.9. The average molecular weight is 321 g/mol. The van der Waals surface area contributed by atoms with Gasteiger partial charge < -0.3 is 4.74 Å². The van der Waals surface area contributed by atoms with Crippen LogP contribution in [0.5, 0.6) is 0 Å². The number of halogens is 2. The number of carbonyl (C=O) groups is 1. The van der Waals surface area contributed by atoms with Crippen LogP contribution in [0.1, 0.15) is 5.69 Å². The minimum absolute atomic E-state index is 0.401. The molecule has 14 heavy (non-hydrogen) atoms. The van der Waals surface area contributed by atoms with Crippen LogP contribution in [0.2, 0.25) is 0 Å². The molecule has 0 aliphatic heterocycles. The number of hydrogen-bond donors (Lipinski definition) is 0. The molecule has 0 aromatic carbocycles. The van der Waals surface area contributed by atoms with Gasteiger partial charge in [-0.3, -0.25) is 4.98 Å². The van der Waals surface area contributed by atoms with Crippen molar-refractivity contribution in [2.24, 2.45) is 0 Å². The summed E-state index contributed by atoms with van der Waals surface area (Å²) in [5, 5.41) is 0. The molecule has 0 unspecified atom stereocenters. The summed E-state index contributed by atoms with van der Waals surface area (Å²) < 4.78 is 6.14. The lowest BCUT2D eigenvalue weighted by Gasteiger charge is -1.97. The summed E-state index contributed by atoms with van der Waals surface area (Å²) in [6, 6.07) is 1.85. The van der Waals surface area contributed by atoms with Crippen LogP contribution < -0.4 is 0 Å². The van der Waals surface area contributed by atoms with Crippen molar-refractivity contribution in [3.63, 3.8) is 0 Å². The summed E-state index contributed by atoms with van der Waals surface area (Å²) >= 11 is 6.61. The zero-order chi connectivity index (χ0) is 10.6. The van der Waals surface area contributed by atoms with Crippen LogP contribution in [0, 0.1) is 0 Å². The van der Waals surface area contributed by atoms with Crippen LogP contribution in [0.25, 0.3) is 6.08 Å². The number of aromatic nitrogens is 1. The van der Waals surface area contributed by atoms with E-state index in [4.69, 9.17) is 0 Å². The highest BCUT2D eigenvalue weighted by Crippen LogP contribution is 2.20. The quantitative estimate of drug-likeness (QED) is 0.621. The van der Waals surface area contributed by atoms with Crippen molar-refractivity contribution in [2.75, 3.05) is 7.11 Å². The van der Waals surface area contributed by atoms with Gasteiger partial charge in [0.2, 0.25) is 0 Å². The lowest BCUT2D eigenvalue weighted by Crippen LogP contribution is -1.94. The third kappa shape index (κ3) is 3.23. The first kappa shape index (κ1) is 11.4. The van der Waals surface area contributed by atoms with Crippen LogP contribution >= 0.6 is 31.9 Å². The van der Waals surface area contributed by atoms with Crippen molar-refractivity contribution in [2.45, 2.75) is 0 Å². The molecule has 1 rings (SSSR count). The Kier molecular flexibility index (Phi) is 4.28. The number of nitrogens with zero attached hydrogens (tertiary/aromatic N) is 1. The molecule has 3 nitrogen and oxygen atoms in total. The maximum absolute atomic E-state index is 10.8. The molecule has 0 amide bonds. The van der Waals surface area contributed by atoms with Gasteiger partial charge in [-0.1, -0.05) is 0 Å². The molecule has 0 radical (unpaired) electrons. The van der Waals surface area contributed by atoms with E-state index in [0.717, 1.165) is 8.95 Å². The Labute approximate surface area is 98.4 Å². The van der Waals surface area contributed by atoms with Gasteiger partial charge in [0, 0.05) is 21.2 Å². The minimum Gasteiger partial charge on any atom is -0.466 e. The molecule has 0 spiro atoms. The molecule has 1 heterocycles. The Morgan fingerprint density at radius 3 is 2.86 bits per heavy atom. The van der Waals surface area contributed by atoms with Gasteiger partial charge >= 0.3 is 5.97 Å². The number of esters is 1. The van der Waals surface area contributed by atoms with Crippen LogP contribution in [-0.2, 0) is 9.53 Å². The Hall–Kier alpha value is -0.680. The third-order valence-electron chi connectivity index (χ3n) is 1.41. The average Bonchev–Trinajstić information content (AvgIpc) is 2.16. The van der Waals surface area contributed by atoms with E-state index in [2.05, 4.69) is 41.6 Å². The maximum Gasteiger partial charge on any atom is 0.330 e. The molecule has 0 saturated carbocycles. The van der Waals surface area contributed by atoms with E-state index in [1.54, 1.807) is 12.3 Å². The standard InChI is InChI=1S/C9H7Br2NO2/c1-14-9(13)3-2-8-7(11)4-6(10)5-12-8/h2-5H,1H3/b3-2+. The molecule has 0 atom stereocenters. The number of carbonyl (C=O) groups excluding carboxylic acids is 1. The fourth-order valence-corrected chi connectivity index (χ4v) is 1.88. The summed E-state index contributed by atoms with van der Waals surface area (Å²) in [5.41, 5.74) is 0.679. The largest absolute Gasteiger partial charge is 0.466 e. The number of hydrogen-bond acceptors (Lipinski definition) is 3. The second kappa shape index (κ2) is 5.26. The lowest BCUT2D eigenvalue weighted by atomic mass is 10.3. The molecular weight excluding hydrogens is 314 g/mol. The first-order valence-electron chi connectivity index (χ1n) is 3.70. The van der Waals surface area contributed by atoms with E-state index >= 15 is 0 Å². The van der Waals surface area contributed by atoms with Gasteiger partial charge in [-0.05, 0) is 44.0 Å². The summed E-state index contributed by atoms with van der Waals surface area (Å²) in [7, 11) is 1.33. The van der Waals surface area contributed by atoms with Crippen molar-refractivity contribution in [1.29, 1.82) is 0 Å². The summed E-state index contributed by atoms with van der Waals surface area (Å²) in [5.74, 6) is -0.401. The zero-order valence-corrected chi connectivity index (χ0v) is 10.5. The zero-order valence-electron chi connectivity index (χ0n) is 7.33. The molecule has 1 aromatic rings. The smallest absolute Gasteiger partial charge is 0.330 e. The van der Waals surface area contributed by atoms with E-state index in [1.807, 2.05) is 6.07 Å². The van der Waals surface area contributed by atoms with E-state index in [0.29, 0.717) is 5.69 Å². The highest BCUT2D eigenvalue weighted by Gasteiger charge is 1.99. The second-order valence-electron chi connectivity index (χ2n) is 2.38. The highest BCUT2D eigenvalue weighted by molar-refractivity contribution is 9.11. The molecule has 0 bridgehead atoms. The van der Waals surface area contributed by atoms with Gasteiger partial charge in [-0.15, -0.1) is 0 Å². The summed E-state index contributed by atoms with van der Waals surface area (Å²) in [6.45, 7) is 0. The molecule has 74 valence electrons. The number of ether oxygens (including phenoxy) is 1. The summed E-state index contributed by atoms with van der Waals surface area (Å²) in [4.78, 5) is 14.9. The molecule has 0 aliphatic rings. The van der Waals surface area contributed by atoms with Gasteiger partial charge in [0.15, 0.2) is 0 Å². The molecule has 0 aliphatic carbocycles. The molecule has 0 N–H and O–H groups in total. The van der Waals surface area contributed by atoms with Crippen LogP contribution in [0.15, 0.2) is 27.3 Å². The van der Waals surface area contributed by atoms with Crippen LogP contribution in [-0.4, -0.2) is 18.1 Å². The van der Waals surface area contributed by atoms with Gasteiger partial charge in [-0.2, -0.15) is 0 Å². The normalized spacial score (nSPS) is 10.5. The number of methoxy groups -OCH3 is 1. The Bertz CT molecular complexity index is 377.